The Bertz CT molecular complexity index is 1030. The molecule has 154 valence electrons. The van der Waals surface area contributed by atoms with Crippen molar-refractivity contribution in [2.24, 2.45) is 0 Å². The van der Waals surface area contributed by atoms with Gasteiger partial charge in [0.2, 0.25) is 5.43 Å². The van der Waals surface area contributed by atoms with Crippen LogP contribution in [0.2, 0.25) is 0 Å². The predicted octanol–water partition coefficient (Wildman–Crippen LogP) is 2.02. The molecule has 3 aromatic rings. The van der Waals surface area contributed by atoms with Gasteiger partial charge in [0.25, 0.3) is 0 Å². The monoisotopic (exact) mass is 465 g/mol. The zero-order valence-electron chi connectivity index (χ0n) is 17.1. The fourth-order valence-electron chi connectivity index (χ4n) is 3.32. The number of anilines is 1. The Morgan fingerprint density at radius 2 is 1.97 bits per heavy atom. The number of nitrogens with zero attached hydrogens (tertiary/aromatic N) is 4. The Hall–Kier alpha value is -2.58. The first-order valence-corrected chi connectivity index (χ1v) is 9.38. The minimum Gasteiger partial charge on any atom is -0.477 e. The van der Waals surface area contributed by atoms with Gasteiger partial charge in [-0.3, -0.25) is 4.79 Å². The van der Waals surface area contributed by atoms with Crippen LogP contribution < -0.4 is 10.3 Å². The number of hydrogen-bond donors (Lipinski definition) is 2. The topological polar surface area (TPSA) is 94.5 Å². The summed E-state index contributed by atoms with van der Waals surface area (Å²) in [4.78, 5) is 34.1. The number of nitrogens with one attached hydrogen (secondary N) is 1. The summed E-state index contributed by atoms with van der Waals surface area (Å²) in [6, 6.07) is 2.83. The first kappa shape index (κ1) is 23.7. The van der Waals surface area contributed by atoms with Crippen molar-refractivity contribution in [1.82, 2.24) is 19.4 Å². The largest absolute Gasteiger partial charge is 2.00 e. The summed E-state index contributed by atoms with van der Waals surface area (Å²) in [5, 5.41) is 9.28. The van der Waals surface area contributed by atoms with Gasteiger partial charge in [-0.2, -0.15) is 0 Å². The minimum absolute atomic E-state index is 0. The van der Waals surface area contributed by atoms with E-state index in [-0.39, 0.29) is 30.4 Å². The van der Waals surface area contributed by atoms with E-state index in [1.807, 2.05) is 18.9 Å². The van der Waals surface area contributed by atoms with Crippen LogP contribution in [0.5, 0.6) is 0 Å². The van der Waals surface area contributed by atoms with E-state index in [9.17, 15) is 19.1 Å². The van der Waals surface area contributed by atoms with Gasteiger partial charge >= 0.3 is 25.4 Å². The number of halogens is 1. The van der Waals surface area contributed by atoms with E-state index in [2.05, 4.69) is 14.9 Å². The number of carboxylic acid groups (broad SMARTS) is 1. The maximum atomic E-state index is 14.6. The molecule has 0 aliphatic carbocycles. The summed E-state index contributed by atoms with van der Waals surface area (Å²) in [6.45, 7) is 5.45. The van der Waals surface area contributed by atoms with Crippen LogP contribution >= 0.6 is 0 Å². The fraction of sp³-hybridized carbons (Fsp3) is 0.350. The third-order valence-electron chi connectivity index (χ3n) is 4.97. The maximum Gasteiger partial charge on any atom is 2.00 e. The number of pyridine rings is 1. The number of fused-ring (bicyclic) bond motifs is 1. The van der Waals surface area contributed by atoms with Gasteiger partial charge in [-0.25, -0.2) is 14.2 Å². The van der Waals surface area contributed by atoms with Crippen molar-refractivity contribution >= 4 is 22.6 Å². The summed E-state index contributed by atoms with van der Waals surface area (Å²) in [5.74, 6) is -1.79. The molecule has 0 saturated carbocycles. The second-order valence-corrected chi connectivity index (χ2v) is 6.83. The van der Waals surface area contributed by atoms with Gasteiger partial charge in [0.1, 0.15) is 11.4 Å². The van der Waals surface area contributed by atoms with Crippen molar-refractivity contribution in [2.45, 2.75) is 13.5 Å². The van der Waals surface area contributed by atoms with Gasteiger partial charge in [-0.15, -0.1) is 0 Å². The molecule has 1 aliphatic heterocycles. The number of H-pyrrole nitrogens is 1. The van der Waals surface area contributed by atoms with E-state index in [1.165, 1.54) is 12.3 Å². The van der Waals surface area contributed by atoms with Crippen LogP contribution in [0, 0.1) is 5.82 Å². The molecule has 0 amide bonds. The van der Waals surface area contributed by atoms with Gasteiger partial charge in [0.05, 0.1) is 17.5 Å². The molecular formula is C20H24FN5O3Zn+2. The minimum atomic E-state index is -1.30. The van der Waals surface area contributed by atoms with Gasteiger partial charge in [0, 0.05) is 56.7 Å². The smallest absolute Gasteiger partial charge is 0.477 e. The van der Waals surface area contributed by atoms with E-state index in [1.54, 1.807) is 29.4 Å². The third-order valence-corrected chi connectivity index (χ3v) is 4.97. The molecule has 3 heterocycles. The number of aromatic amines is 1. The number of aromatic carboxylic acids is 1. The number of aryl methyl sites for hydroxylation is 1. The van der Waals surface area contributed by atoms with Crippen molar-refractivity contribution in [3.8, 4) is 0 Å². The molecule has 1 fully saturated rings. The Morgan fingerprint density at radius 1 is 1.27 bits per heavy atom. The number of benzene rings is 1. The number of hydrogen-bond acceptors (Lipinski definition) is 5. The second kappa shape index (κ2) is 10.5. The quantitative estimate of drug-likeness (QED) is 0.574. The van der Waals surface area contributed by atoms with Crippen molar-refractivity contribution in [3.05, 3.63) is 58.7 Å². The molecule has 1 saturated heterocycles. The molecule has 2 aromatic heterocycles. The maximum absolute atomic E-state index is 14.6. The van der Waals surface area contributed by atoms with Crippen molar-refractivity contribution < 1.29 is 33.8 Å². The normalized spacial score (nSPS) is 14.0. The zero-order chi connectivity index (χ0) is 21.0. The standard InChI is InChI=1S/C17H20FN3O3.C3H4N2.Zn/c1-3-20-10-12(17(23)24)16(22)11-8-13(18)15(9-14(11)20)21-6-4-19(2)5-7-21;1-2-5-3-4-1;/h8-10H,3-7H2,1-2H3,(H,23,24);1-3H,(H,4,5);/q;;+2. The van der Waals surface area contributed by atoms with Crippen LogP contribution in [-0.4, -0.2) is 63.7 Å². The fourth-order valence-corrected chi connectivity index (χ4v) is 3.32. The number of likely N-dealkylation sites (N-methyl/N-ethyl adjacent to an activating group) is 1. The molecule has 1 aliphatic rings. The van der Waals surface area contributed by atoms with E-state index in [0.717, 1.165) is 13.1 Å². The van der Waals surface area contributed by atoms with Gasteiger partial charge in [0.15, 0.2) is 0 Å². The van der Waals surface area contributed by atoms with Crippen molar-refractivity contribution in [3.63, 3.8) is 0 Å². The van der Waals surface area contributed by atoms with Gasteiger partial charge in [-0.05, 0) is 26.1 Å². The van der Waals surface area contributed by atoms with Crippen LogP contribution in [0.15, 0.2) is 41.8 Å². The van der Waals surface area contributed by atoms with Crippen LogP contribution in [0.4, 0.5) is 10.1 Å². The van der Waals surface area contributed by atoms with Crippen molar-refractivity contribution in [1.29, 1.82) is 0 Å². The van der Waals surface area contributed by atoms with E-state index in [4.69, 9.17) is 0 Å². The van der Waals surface area contributed by atoms with Crippen LogP contribution in [0.3, 0.4) is 0 Å². The molecule has 0 bridgehead atoms. The number of piperazine rings is 1. The molecule has 1 aromatic carbocycles. The Kier molecular flexibility index (Phi) is 8.26. The Balaban J connectivity index is 0.000000468. The van der Waals surface area contributed by atoms with Crippen molar-refractivity contribution in [2.75, 3.05) is 38.1 Å². The number of carbonyl (C=O) groups is 1. The Labute approximate surface area is 186 Å². The van der Waals surface area contributed by atoms with E-state index >= 15 is 0 Å². The second-order valence-electron chi connectivity index (χ2n) is 6.83. The van der Waals surface area contributed by atoms with Gasteiger partial charge in [-0.1, -0.05) is 0 Å². The number of carboxylic acids is 1. The number of aromatic nitrogens is 3. The molecule has 30 heavy (non-hydrogen) atoms. The van der Waals surface area contributed by atoms with Gasteiger partial charge < -0.3 is 24.5 Å². The summed E-state index contributed by atoms with van der Waals surface area (Å²) in [5.41, 5.74) is 0.0326. The average Bonchev–Trinajstić information content (AvgIpc) is 3.29. The molecule has 4 rings (SSSR count). The molecule has 2 N–H and O–H groups in total. The summed E-state index contributed by atoms with van der Waals surface area (Å²) < 4.78 is 16.3. The Morgan fingerprint density at radius 3 is 2.47 bits per heavy atom. The molecule has 0 radical (unpaired) electrons. The first-order chi connectivity index (χ1) is 13.9. The van der Waals surface area contributed by atoms with E-state index in [0.29, 0.717) is 30.8 Å². The number of imidazole rings is 1. The van der Waals surface area contributed by atoms with Crippen LogP contribution in [-0.2, 0) is 26.0 Å². The third kappa shape index (κ3) is 5.12. The zero-order valence-corrected chi connectivity index (χ0v) is 20.1. The average molecular weight is 467 g/mol. The SMILES string of the molecule is CCn1cc(C(=O)O)c(=O)c2cc(F)c(N3CCN(C)CC3)cc21.[Zn+2].c1c[nH]cn1. The summed E-state index contributed by atoms with van der Waals surface area (Å²) in [6.07, 6.45) is 6.42. The molecule has 10 heteroatoms. The molecule has 0 spiro atoms. The predicted molar refractivity (Wildman–Crippen MR) is 109 cm³/mol. The van der Waals surface area contributed by atoms with Crippen LogP contribution in [0.25, 0.3) is 10.9 Å². The number of rotatable bonds is 3. The summed E-state index contributed by atoms with van der Waals surface area (Å²) >= 11 is 0. The molecular weight excluding hydrogens is 443 g/mol. The van der Waals surface area contributed by atoms with E-state index < -0.39 is 17.2 Å². The molecule has 8 nitrogen and oxygen atoms in total. The molecule has 0 atom stereocenters. The molecule has 0 unspecified atom stereocenters. The van der Waals surface area contributed by atoms with Crippen LogP contribution in [0.1, 0.15) is 17.3 Å². The first-order valence-electron chi connectivity index (χ1n) is 9.38. The summed E-state index contributed by atoms with van der Waals surface area (Å²) in [7, 11) is 2.02.